The molecule has 4 aliphatic rings. The number of carbonyl (C=O) groups excluding carboxylic acids is 2. The summed E-state index contributed by atoms with van der Waals surface area (Å²) in [7, 11) is 0. The van der Waals surface area contributed by atoms with Crippen molar-refractivity contribution in [1.29, 1.82) is 0 Å². The Labute approximate surface area is 143 Å². The zero-order valence-corrected chi connectivity index (χ0v) is 14.4. The van der Waals surface area contributed by atoms with Crippen molar-refractivity contribution in [2.45, 2.75) is 51.9 Å². The molecule has 0 unspecified atom stereocenters. The zero-order chi connectivity index (χ0) is 16.9. The Balaban J connectivity index is 1.73. The van der Waals surface area contributed by atoms with Gasteiger partial charge in [0.2, 0.25) is 5.91 Å². The summed E-state index contributed by atoms with van der Waals surface area (Å²) in [6, 6.07) is 0. The molecular formula is C20H27NO3. The highest BCUT2D eigenvalue weighted by molar-refractivity contribution is 5.79. The van der Waals surface area contributed by atoms with Crippen molar-refractivity contribution in [3.05, 3.63) is 17.9 Å². The Kier molecular flexibility index (Phi) is 3.65. The molecule has 130 valence electrons. The van der Waals surface area contributed by atoms with Crippen LogP contribution in [0.5, 0.6) is 0 Å². The topological polar surface area (TPSA) is 69.4 Å². The fourth-order valence-electron chi connectivity index (χ4n) is 6.74. The number of nitrogens with two attached hydrogens (primary N) is 1. The lowest BCUT2D eigenvalue weighted by molar-refractivity contribution is -0.127. The van der Waals surface area contributed by atoms with E-state index < -0.39 is 0 Å². The Hall–Kier alpha value is -1.54. The molecule has 3 aliphatic carbocycles. The fraction of sp³-hybridized carbons (Fsp3) is 0.750. The van der Waals surface area contributed by atoms with Gasteiger partial charge in [0.1, 0.15) is 5.94 Å². The Morgan fingerprint density at radius 2 is 2.17 bits per heavy atom. The predicted octanol–water partition coefficient (Wildman–Crippen LogP) is 3.00. The molecule has 6 atom stereocenters. The number of carbonyl (C=O) groups is 1. The van der Waals surface area contributed by atoms with Gasteiger partial charge >= 0.3 is 0 Å². The molecular weight excluding hydrogens is 302 g/mol. The van der Waals surface area contributed by atoms with E-state index in [0.717, 1.165) is 45.1 Å². The van der Waals surface area contributed by atoms with Gasteiger partial charge in [0.15, 0.2) is 0 Å². The first kappa shape index (κ1) is 16.0. The van der Waals surface area contributed by atoms with Crippen molar-refractivity contribution in [3.8, 4) is 0 Å². The van der Waals surface area contributed by atoms with Crippen LogP contribution in [0.1, 0.15) is 51.9 Å². The Morgan fingerprint density at radius 1 is 1.33 bits per heavy atom. The lowest BCUT2D eigenvalue weighted by Gasteiger charge is -2.56. The highest BCUT2D eigenvalue weighted by Crippen LogP contribution is 2.66. The van der Waals surface area contributed by atoms with Crippen LogP contribution in [-0.4, -0.2) is 18.5 Å². The number of primary amides is 1. The lowest BCUT2D eigenvalue weighted by atomic mass is 9.49. The summed E-state index contributed by atoms with van der Waals surface area (Å²) in [4.78, 5) is 23.3. The van der Waals surface area contributed by atoms with Crippen LogP contribution in [0, 0.1) is 34.5 Å². The molecule has 3 fully saturated rings. The van der Waals surface area contributed by atoms with E-state index in [1.54, 1.807) is 6.08 Å². The molecule has 1 aliphatic heterocycles. The maximum absolute atomic E-state index is 12.0. The maximum Gasteiger partial charge on any atom is 0.221 e. The van der Waals surface area contributed by atoms with Crippen LogP contribution in [0.4, 0.5) is 0 Å². The van der Waals surface area contributed by atoms with Crippen LogP contribution >= 0.6 is 0 Å². The average Bonchev–Trinajstić information content (AvgIpc) is 2.94. The molecule has 0 aromatic heterocycles. The van der Waals surface area contributed by atoms with E-state index >= 15 is 0 Å². The normalized spacial score (nSPS) is 46.5. The molecule has 0 aromatic rings. The first-order valence-electron chi connectivity index (χ1n) is 9.38. The molecule has 24 heavy (non-hydrogen) atoms. The number of allylic oxidation sites excluding steroid dienone is 3. The molecule has 1 amide bonds. The summed E-state index contributed by atoms with van der Waals surface area (Å²) >= 11 is 0. The summed E-state index contributed by atoms with van der Waals surface area (Å²) in [6.45, 7) is 3.20. The molecule has 2 N–H and O–H groups in total. The summed E-state index contributed by atoms with van der Waals surface area (Å²) in [5.74, 6) is 4.23. The molecule has 0 spiro atoms. The van der Waals surface area contributed by atoms with Gasteiger partial charge in [-0.3, -0.25) is 4.79 Å². The third-order valence-electron chi connectivity index (χ3n) is 7.75. The summed E-state index contributed by atoms with van der Waals surface area (Å²) < 4.78 is 5.99. The van der Waals surface area contributed by atoms with Crippen LogP contribution in [0.25, 0.3) is 0 Å². The van der Waals surface area contributed by atoms with Crippen molar-refractivity contribution in [2.75, 3.05) is 6.61 Å². The molecule has 0 radical (unpaired) electrons. The van der Waals surface area contributed by atoms with Crippen molar-refractivity contribution >= 4 is 11.8 Å². The largest absolute Gasteiger partial charge is 0.498 e. The van der Waals surface area contributed by atoms with E-state index in [0.29, 0.717) is 17.8 Å². The number of hydrogen-bond acceptors (Lipinski definition) is 3. The molecule has 1 saturated heterocycles. The Morgan fingerprint density at radius 3 is 2.92 bits per heavy atom. The highest BCUT2D eigenvalue weighted by atomic mass is 16.5. The second-order valence-electron chi connectivity index (χ2n) is 8.50. The predicted molar refractivity (Wildman–Crippen MR) is 90.3 cm³/mol. The average molecular weight is 329 g/mol. The number of ether oxygens (including phenoxy) is 1. The molecule has 4 rings (SSSR count). The van der Waals surface area contributed by atoms with Gasteiger partial charge in [-0.15, -0.1) is 0 Å². The van der Waals surface area contributed by atoms with Crippen LogP contribution in [0.2, 0.25) is 0 Å². The van der Waals surface area contributed by atoms with E-state index in [1.807, 2.05) is 5.94 Å². The van der Waals surface area contributed by atoms with Crippen LogP contribution in [0.15, 0.2) is 17.9 Å². The third kappa shape index (κ3) is 1.99. The van der Waals surface area contributed by atoms with Gasteiger partial charge in [0, 0.05) is 22.8 Å². The highest BCUT2D eigenvalue weighted by Gasteiger charge is 2.61. The van der Waals surface area contributed by atoms with Gasteiger partial charge in [-0.1, -0.05) is 6.92 Å². The fourth-order valence-corrected chi connectivity index (χ4v) is 6.74. The second-order valence-corrected chi connectivity index (χ2v) is 8.50. The maximum atomic E-state index is 12.0. The first-order valence-corrected chi connectivity index (χ1v) is 9.38. The minimum Gasteiger partial charge on any atom is -0.498 e. The number of amides is 1. The zero-order valence-electron chi connectivity index (χ0n) is 14.4. The number of rotatable bonds is 2. The van der Waals surface area contributed by atoms with Gasteiger partial charge < -0.3 is 10.5 Å². The summed E-state index contributed by atoms with van der Waals surface area (Å²) in [5.41, 5.74) is 5.47. The number of hydrogen-bond donors (Lipinski definition) is 1. The van der Waals surface area contributed by atoms with Crippen LogP contribution in [0.3, 0.4) is 0 Å². The molecule has 2 saturated carbocycles. The Bertz CT molecular complexity index is 635. The van der Waals surface area contributed by atoms with Gasteiger partial charge in [0.25, 0.3) is 0 Å². The van der Waals surface area contributed by atoms with E-state index in [2.05, 4.69) is 13.0 Å². The first-order chi connectivity index (χ1) is 11.5. The summed E-state index contributed by atoms with van der Waals surface area (Å²) in [5, 5.41) is 0. The van der Waals surface area contributed by atoms with E-state index in [1.165, 1.54) is 12.2 Å². The van der Waals surface area contributed by atoms with Crippen LogP contribution < -0.4 is 5.73 Å². The van der Waals surface area contributed by atoms with Crippen molar-refractivity contribution < 1.29 is 14.3 Å². The van der Waals surface area contributed by atoms with Gasteiger partial charge in [-0.2, -0.15) is 0 Å². The van der Waals surface area contributed by atoms with E-state index in [9.17, 15) is 9.59 Å². The monoisotopic (exact) mass is 329 g/mol. The van der Waals surface area contributed by atoms with Gasteiger partial charge in [-0.05, 0) is 68.8 Å². The van der Waals surface area contributed by atoms with E-state index in [-0.39, 0.29) is 22.7 Å². The quantitative estimate of drug-likeness (QED) is 0.792. The third-order valence-corrected chi connectivity index (χ3v) is 7.75. The molecule has 4 nitrogen and oxygen atoms in total. The minimum absolute atomic E-state index is 0.128. The van der Waals surface area contributed by atoms with Crippen molar-refractivity contribution in [3.63, 3.8) is 0 Å². The summed E-state index contributed by atoms with van der Waals surface area (Å²) in [6.07, 6.45) is 11.0. The smallest absolute Gasteiger partial charge is 0.221 e. The van der Waals surface area contributed by atoms with Crippen molar-refractivity contribution in [1.82, 2.24) is 0 Å². The second kappa shape index (κ2) is 5.49. The van der Waals surface area contributed by atoms with Crippen molar-refractivity contribution in [2.24, 2.45) is 40.2 Å². The molecule has 4 heteroatoms. The van der Waals surface area contributed by atoms with Crippen LogP contribution in [-0.2, 0) is 14.3 Å². The van der Waals surface area contributed by atoms with E-state index in [4.69, 9.17) is 10.5 Å². The van der Waals surface area contributed by atoms with Gasteiger partial charge in [0.05, 0.1) is 12.4 Å². The molecule has 1 heterocycles. The molecule has 0 bridgehead atoms. The minimum atomic E-state index is -0.355. The number of fused-ring (bicyclic) bond motifs is 5. The molecule has 0 aromatic carbocycles. The standard InChI is InChI=1S/C20H27NO3/c1-19-8-2-12-24-17(19)6-3-13-14(19)7-9-20(10-11-22)15(13)4-5-16(20)18(21)23/h6,10,13-16H,2-5,7-9,12H2,1H3,(H2,21,23)/t13-,14+,15+,16-,19-,20-/m1/s1. The SMILES string of the molecule is C[C@]12CCCOC1=CC[C@H]1[C@@H]3CC[C@H](C(N)=O)[C@@]3(C=C=O)CC[C@@H]12. The van der Waals surface area contributed by atoms with Gasteiger partial charge in [-0.25, -0.2) is 4.79 Å². The lowest BCUT2D eigenvalue weighted by Crippen LogP contribution is -2.51.